The summed E-state index contributed by atoms with van der Waals surface area (Å²) in [5.41, 5.74) is 0.996. The number of aliphatic hydroxyl groups excluding tert-OH is 1. The van der Waals surface area contributed by atoms with Crippen LogP contribution in [0.4, 0.5) is 11.4 Å². The van der Waals surface area contributed by atoms with Gasteiger partial charge in [0.2, 0.25) is 0 Å². The first-order valence-electron chi connectivity index (χ1n) is 6.85. The molecular weight excluding hydrogens is 272 g/mol. The van der Waals surface area contributed by atoms with Gasteiger partial charge >= 0.3 is 0 Å². The molecule has 0 radical (unpaired) electrons. The van der Waals surface area contributed by atoms with Crippen LogP contribution in [0.2, 0.25) is 0 Å². The molecule has 1 aromatic carbocycles. The van der Waals surface area contributed by atoms with Crippen LogP contribution in [0.25, 0.3) is 0 Å². The van der Waals surface area contributed by atoms with E-state index >= 15 is 0 Å². The van der Waals surface area contributed by atoms with Crippen molar-refractivity contribution in [3.8, 4) is 6.07 Å². The van der Waals surface area contributed by atoms with Crippen molar-refractivity contribution in [3.05, 3.63) is 33.9 Å². The molecule has 1 aliphatic heterocycles. The topological polar surface area (TPSA) is 93.6 Å². The highest BCUT2D eigenvalue weighted by atomic mass is 16.6. The summed E-state index contributed by atoms with van der Waals surface area (Å²) in [6, 6.07) is 6.42. The molecule has 1 aliphatic rings. The Morgan fingerprint density at radius 3 is 2.62 bits per heavy atom. The number of nitriles is 1. The number of non-ortho nitro benzene ring substituents is 1. The van der Waals surface area contributed by atoms with Gasteiger partial charge in [-0.25, -0.2) is 0 Å². The van der Waals surface area contributed by atoms with E-state index in [0.29, 0.717) is 12.1 Å². The van der Waals surface area contributed by atoms with Gasteiger partial charge in [-0.15, -0.1) is 0 Å². The fraction of sp³-hybridized carbons (Fsp3) is 0.500. The van der Waals surface area contributed by atoms with Gasteiger partial charge in [-0.05, 0) is 13.0 Å². The minimum Gasteiger partial charge on any atom is -0.392 e. The SMILES string of the molecule is C[C@@H](O)CN1CCN(c2ccc([N+](=O)[O-])cc2C#N)CC1. The van der Waals surface area contributed by atoms with Gasteiger partial charge in [0.25, 0.3) is 5.69 Å². The molecule has 0 bridgehead atoms. The van der Waals surface area contributed by atoms with E-state index in [1.54, 1.807) is 13.0 Å². The van der Waals surface area contributed by atoms with E-state index in [1.807, 2.05) is 6.07 Å². The number of nitrogens with zero attached hydrogens (tertiary/aromatic N) is 4. The van der Waals surface area contributed by atoms with Gasteiger partial charge in [-0.2, -0.15) is 5.26 Å². The number of anilines is 1. The smallest absolute Gasteiger partial charge is 0.270 e. The van der Waals surface area contributed by atoms with Gasteiger partial charge in [0, 0.05) is 44.9 Å². The highest BCUT2D eigenvalue weighted by molar-refractivity contribution is 5.63. The fourth-order valence-corrected chi connectivity index (χ4v) is 2.55. The van der Waals surface area contributed by atoms with Crippen molar-refractivity contribution in [2.24, 2.45) is 0 Å². The van der Waals surface area contributed by atoms with Crippen molar-refractivity contribution >= 4 is 11.4 Å². The number of β-amino-alcohol motifs (C(OH)–C–C–N with tert-alkyl or cyclic N) is 1. The maximum atomic E-state index is 10.8. The van der Waals surface area contributed by atoms with Gasteiger partial charge in [0.05, 0.1) is 22.3 Å². The second-order valence-electron chi connectivity index (χ2n) is 5.21. The number of nitro benzene ring substituents is 1. The van der Waals surface area contributed by atoms with Gasteiger partial charge in [-0.3, -0.25) is 15.0 Å². The molecule has 0 aliphatic carbocycles. The maximum Gasteiger partial charge on any atom is 0.270 e. The van der Waals surface area contributed by atoms with E-state index in [2.05, 4.69) is 9.80 Å². The summed E-state index contributed by atoms with van der Waals surface area (Å²) in [5, 5.41) is 29.3. The zero-order valence-electron chi connectivity index (χ0n) is 11.9. The van der Waals surface area contributed by atoms with E-state index in [4.69, 9.17) is 0 Å². The fourth-order valence-electron chi connectivity index (χ4n) is 2.55. The molecule has 2 rings (SSSR count). The van der Waals surface area contributed by atoms with Crippen molar-refractivity contribution < 1.29 is 10.0 Å². The standard InChI is InChI=1S/C14H18N4O3/c1-11(19)10-16-4-6-17(7-5-16)14-3-2-13(18(20)21)8-12(14)9-15/h2-3,8,11,19H,4-7,10H2,1H3/t11-/m1/s1. The lowest BCUT2D eigenvalue weighted by Crippen LogP contribution is -2.48. The predicted molar refractivity (Wildman–Crippen MR) is 78.1 cm³/mol. The van der Waals surface area contributed by atoms with Crippen molar-refractivity contribution in [1.29, 1.82) is 5.26 Å². The Bertz CT molecular complexity index is 560. The minimum absolute atomic E-state index is 0.0666. The molecule has 1 N–H and O–H groups in total. The lowest BCUT2D eigenvalue weighted by Gasteiger charge is -2.36. The molecule has 7 heteroatoms. The third-order valence-electron chi connectivity index (χ3n) is 3.55. The maximum absolute atomic E-state index is 10.8. The van der Waals surface area contributed by atoms with Crippen LogP contribution in [0.15, 0.2) is 18.2 Å². The summed E-state index contributed by atoms with van der Waals surface area (Å²) in [5.74, 6) is 0. The monoisotopic (exact) mass is 290 g/mol. The second kappa shape index (κ2) is 6.52. The van der Waals surface area contributed by atoms with E-state index in [1.165, 1.54) is 12.1 Å². The van der Waals surface area contributed by atoms with Crippen molar-refractivity contribution in [1.82, 2.24) is 4.90 Å². The predicted octanol–water partition coefficient (Wildman–Crippen LogP) is 0.969. The Labute approximate surface area is 123 Å². The molecule has 0 amide bonds. The zero-order chi connectivity index (χ0) is 15.4. The average Bonchev–Trinajstić information content (AvgIpc) is 2.46. The zero-order valence-corrected chi connectivity index (χ0v) is 11.9. The highest BCUT2D eigenvalue weighted by Gasteiger charge is 2.21. The lowest BCUT2D eigenvalue weighted by molar-refractivity contribution is -0.384. The van der Waals surface area contributed by atoms with Crippen LogP contribution < -0.4 is 4.90 Å². The Balaban J connectivity index is 2.10. The van der Waals surface area contributed by atoms with Crippen LogP contribution in [0.5, 0.6) is 0 Å². The lowest BCUT2D eigenvalue weighted by atomic mass is 10.1. The Hall–Kier alpha value is -2.17. The van der Waals surface area contributed by atoms with Crippen LogP contribution >= 0.6 is 0 Å². The molecule has 0 aromatic heterocycles. The van der Waals surface area contributed by atoms with Gasteiger partial charge in [-0.1, -0.05) is 0 Å². The molecular formula is C14H18N4O3. The highest BCUT2D eigenvalue weighted by Crippen LogP contribution is 2.25. The first kappa shape index (κ1) is 15.2. The average molecular weight is 290 g/mol. The second-order valence-corrected chi connectivity index (χ2v) is 5.21. The Morgan fingerprint density at radius 2 is 2.10 bits per heavy atom. The van der Waals surface area contributed by atoms with E-state index in [9.17, 15) is 20.5 Å². The van der Waals surface area contributed by atoms with Crippen molar-refractivity contribution in [2.75, 3.05) is 37.6 Å². The Morgan fingerprint density at radius 1 is 1.43 bits per heavy atom. The van der Waals surface area contributed by atoms with Gasteiger partial charge in [0.1, 0.15) is 6.07 Å². The molecule has 0 spiro atoms. The molecule has 7 nitrogen and oxygen atoms in total. The number of benzene rings is 1. The first-order chi connectivity index (χ1) is 10.0. The van der Waals surface area contributed by atoms with E-state index in [0.717, 1.165) is 31.9 Å². The van der Waals surface area contributed by atoms with E-state index in [-0.39, 0.29) is 11.8 Å². The molecule has 21 heavy (non-hydrogen) atoms. The molecule has 0 unspecified atom stereocenters. The summed E-state index contributed by atoms with van der Waals surface area (Å²) in [4.78, 5) is 14.5. The third-order valence-corrected chi connectivity index (χ3v) is 3.55. The number of rotatable bonds is 4. The van der Waals surface area contributed by atoms with Gasteiger partial charge < -0.3 is 10.0 Å². The van der Waals surface area contributed by atoms with Crippen LogP contribution in [-0.4, -0.2) is 53.8 Å². The summed E-state index contributed by atoms with van der Waals surface area (Å²) in [7, 11) is 0. The van der Waals surface area contributed by atoms with E-state index < -0.39 is 4.92 Å². The molecule has 1 aromatic rings. The minimum atomic E-state index is -0.495. The van der Waals surface area contributed by atoms with Crippen LogP contribution in [0.3, 0.4) is 0 Å². The summed E-state index contributed by atoms with van der Waals surface area (Å²) < 4.78 is 0. The first-order valence-corrected chi connectivity index (χ1v) is 6.85. The third kappa shape index (κ3) is 3.68. The molecule has 1 saturated heterocycles. The van der Waals surface area contributed by atoms with Crippen LogP contribution in [0.1, 0.15) is 12.5 Å². The molecule has 1 fully saturated rings. The van der Waals surface area contributed by atoms with Crippen LogP contribution in [0, 0.1) is 21.4 Å². The largest absolute Gasteiger partial charge is 0.392 e. The normalized spacial score (nSPS) is 17.3. The Kier molecular flexibility index (Phi) is 4.73. The molecule has 112 valence electrons. The van der Waals surface area contributed by atoms with Crippen molar-refractivity contribution in [3.63, 3.8) is 0 Å². The molecule has 1 heterocycles. The van der Waals surface area contributed by atoms with Gasteiger partial charge in [0.15, 0.2) is 0 Å². The quantitative estimate of drug-likeness (QED) is 0.656. The molecule has 0 saturated carbocycles. The number of nitro groups is 1. The summed E-state index contributed by atoms with van der Waals surface area (Å²) in [6.07, 6.45) is -0.356. The van der Waals surface area contributed by atoms with Crippen molar-refractivity contribution in [2.45, 2.75) is 13.0 Å². The number of aliphatic hydroxyl groups is 1. The number of hydrogen-bond acceptors (Lipinski definition) is 6. The summed E-state index contributed by atoms with van der Waals surface area (Å²) in [6.45, 7) is 5.47. The van der Waals surface area contributed by atoms with Crippen LogP contribution in [-0.2, 0) is 0 Å². The number of piperazine rings is 1. The molecule has 1 atom stereocenters. The number of hydrogen-bond donors (Lipinski definition) is 1. The summed E-state index contributed by atoms with van der Waals surface area (Å²) >= 11 is 0.